The van der Waals surface area contributed by atoms with Crippen LogP contribution >= 0.6 is 0 Å². The summed E-state index contributed by atoms with van der Waals surface area (Å²) in [6.45, 7) is 4.05. The van der Waals surface area contributed by atoms with Gasteiger partial charge in [-0.15, -0.1) is 0 Å². The van der Waals surface area contributed by atoms with Gasteiger partial charge in [-0.25, -0.2) is 4.79 Å². The van der Waals surface area contributed by atoms with E-state index in [1.807, 2.05) is 36.4 Å². The van der Waals surface area contributed by atoms with Crippen LogP contribution in [0.3, 0.4) is 0 Å². The number of nitrogens with zero attached hydrogens (tertiary/aromatic N) is 1. The molecule has 0 radical (unpaired) electrons. The summed E-state index contributed by atoms with van der Waals surface area (Å²) in [6, 6.07) is 15.6. The third-order valence-electron chi connectivity index (χ3n) is 4.64. The van der Waals surface area contributed by atoms with Crippen molar-refractivity contribution in [2.24, 2.45) is 0 Å². The van der Waals surface area contributed by atoms with Gasteiger partial charge in [0.25, 0.3) is 0 Å². The van der Waals surface area contributed by atoms with Gasteiger partial charge in [0.15, 0.2) is 0 Å². The third-order valence-corrected chi connectivity index (χ3v) is 4.64. The van der Waals surface area contributed by atoms with Crippen molar-refractivity contribution in [3.63, 3.8) is 0 Å². The number of ether oxygens (including phenoxy) is 1. The molecule has 2 aromatic carbocycles. The predicted molar refractivity (Wildman–Crippen MR) is 111 cm³/mol. The fourth-order valence-corrected chi connectivity index (χ4v) is 3.19. The van der Waals surface area contributed by atoms with Gasteiger partial charge < -0.3 is 9.26 Å². The number of benzene rings is 2. The van der Waals surface area contributed by atoms with Crippen LogP contribution in [0, 0.1) is 18.8 Å². The Bertz CT molecular complexity index is 1150. The maximum Gasteiger partial charge on any atom is 0.412 e. The summed E-state index contributed by atoms with van der Waals surface area (Å²) in [5.41, 5.74) is 6.62. The molecule has 0 saturated carbocycles. The van der Waals surface area contributed by atoms with Crippen LogP contribution in [0.25, 0.3) is 6.08 Å². The number of rotatable bonds is 3. The maximum absolute atomic E-state index is 12.2. The minimum Gasteiger partial charge on any atom is -0.444 e. The summed E-state index contributed by atoms with van der Waals surface area (Å²) in [5.74, 6) is 6.36. The molecule has 1 heterocycles. The molecule has 0 bridgehead atoms. The van der Waals surface area contributed by atoms with Gasteiger partial charge >= 0.3 is 6.09 Å². The predicted octanol–water partition coefficient (Wildman–Crippen LogP) is 5.09. The summed E-state index contributed by atoms with van der Waals surface area (Å²) in [5, 5.41) is 6.60. The van der Waals surface area contributed by atoms with E-state index in [4.69, 9.17) is 9.26 Å². The van der Waals surface area contributed by atoms with Crippen LogP contribution in [0.2, 0.25) is 0 Å². The first-order valence-corrected chi connectivity index (χ1v) is 9.34. The van der Waals surface area contributed by atoms with Crippen LogP contribution < -0.4 is 5.32 Å². The van der Waals surface area contributed by atoms with Crippen LogP contribution in [-0.2, 0) is 17.8 Å². The summed E-state index contributed by atoms with van der Waals surface area (Å²) >= 11 is 0. The molecular weight excluding hydrogens is 364 g/mol. The lowest BCUT2D eigenvalue weighted by atomic mass is 10.1. The molecule has 1 aliphatic carbocycles. The molecule has 144 valence electrons. The van der Waals surface area contributed by atoms with Crippen molar-refractivity contribution in [3.05, 3.63) is 87.8 Å². The molecule has 5 heteroatoms. The molecule has 5 nitrogen and oxygen atoms in total. The fraction of sp³-hybridized carbons (Fsp3) is 0.167. The number of carbonyl (C=O) groups excluding carboxylic acids is 1. The number of hydrogen-bond donors (Lipinski definition) is 1. The van der Waals surface area contributed by atoms with Gasteiger partial charge in [-0.1, -0.05) is 59.1 Å². The Morgan fingerprint density at radius 3 is 2.83 bits per heavy atom. The van der Waals surface area contributed by atoms with Gasteiger partial charge in [-0.05, 0) is 55.0 Å². The van der Waals surface area contributed by atoms with Gasteiger partial charge in [0.1, 0.15) is 18.0 Å². The van der Waals surface area contributed by atoms with Gasteiger partial charge in [-0.3, -0.25) is 5.32 Å². The minimum atomic E-state index is -0.581. The molecule has 0 saturated heterocycles. The van der Waals surface area contributed by atoms with Crippen LogP contribution in [0.5, 0.6) is 0 Å². The molecule has 4 rings (SSSR count). The minimum absolute atomic E-state index is 0.181. The Hall–Kier alpha value is -3.78. The lowest BCUT2D eigenvalue weighted by Crippen LogP contribution is -2.14. The van der Waals surface area contributed by atoms with E-state index >= 15 is 0 Å². The molecule has 0 fully saturated rings. The van der Waals surface area contributed by atoms with E-state index in [-0.39, 0.29) is 6.61 Å². The SMILES string of the molecule is CC1=Cc2ccc(C#Cc3onc(C)c3NC(=O)OCc3ccccc3)cc2C1. The largest absolute Gasteiger partial charge is 0.444 e. The van der Waals surface area contributed by atoms with Gasteiger partial charge in [0.05, 0.1) is 0 Å². The van der Waals surface area contributed by atoms with Gasteiger partial charge in [-0.2, -0.15) is 0 Å². The van der Waals surface area contributed by atoms with Crippen LogP contribution in [-0.4, -0.2) is 11.2 Å². The molecule has 3 aromatic rings. The second-order valence-electron chi connectivity index (χ2n) is 6.99. The zero-order valence-corrected chi connectivity index (χ0v) is 16.3. The third kappa shape index (κ3) is 4.39. The average molecular weight is 384 g/mol. The van der Waals surface area contributed by atoms with E-state index in [1.165, 1.54) is 16.7 Å². The number of fused-ring (bicyclic) bond motifs is 1. The molecule has 29 heavy (non-hydrogen) atoms. The summed E-state index contributed by atoms with van der Waals surface area (Å²) in [7, 11) is 0. The number of anilines is 1. The van der Waals surface area contributed by atoms with Gasteiger partial charge in [0.2, 0.25) is 5.76 Å². The number of nitrogens with one attached hydrogen (secondary N) is 1. The van der Waals surface area contributed by atoms with Crippen molar-refractivity contribution in [1.82, 2.24) is 5.16 Å². The number of aromatic nitrogens is 1. The second kappa shape index (κ2) is 8.07. The highest BCUT2D eigenvalue weighted by Crippen LogP contribution is 2.25. The van der Waals surface area contributed by atoms with Crippen molar-refractivity contribution in [2.45, 2.75) is 26.9 Å². The molecule has 1 N–H and O–H groups in total. The smallest absolute Gasteiger partial charge is 0.412 e. The second-order valence-corrected chi connectivity index (χ2v) is 6.99. The fourth-order valence-electron chi connectivity index (χ4n) is 3.19. The molecule has 1 aromatic heterocycles. The van der Waals surface area contributed by atoms with Crippen LogP contribution in [0.15, 0.2) is 58.6 Å². The summed E-state index contributed by atoms with van der Waals surface area (Å²) < 4.78 is 10.5. The van der Waals surface area contributed by atoms with Crippen LogP contribution in [0.1, 0.15) is 40.6 Å². The van der Waals surface area contributed by atoms with E-state index in [0.717, 1.165) is 17.5 Å². The number of hydrogen-bond acceptors (Lipinski definition) is 4. The molecule has 0 spiro atoms. The van der Waals surface area contributed by atoms with Crippen molar-refractivity contribution in [2.75, 3.05) is 5.32 Å². The Morgan fingerprint density at radius 1 is 1.17 bits per heavy atom. The zero-order valence-electron chi connectivity index (χ0n) is 16.3. The number of carbonyl (C=O) groups is 1. The monoisotopic (exact) mass is 384 g/mol. The van der Waals surface area contributed by atoms with Crippen molar-refractivity contribution < 1.29 is 14.1 Å². The van der Waals surface area contributed by atoms with E-state index in [1.54, 1.807) is 6.92 Å². The molecular formula is C24H20N2O3. The quantitative estimate of drug-likeness (QED) is 0.639. The molecule has 0 unspecified atom stereocenters. The first-order chi connectivity index (χ1) is 14.1. The summed E-state index contributed by atoms with van der Waals surface area (Å²) in [4.78, 5) is 12.2. The normalized spacial score (nSPS) is 11.9. The highest BCUT2D eigenvalue weighted by Gasteiger charge is 2.15. The highest BCUT2D eigenvalue weighted by atomic mass is 16.5. The van der Waals surface area contributed by atoms with Gasteiger partial charge in [0, 0.05) is 5.56 Å². The standard InChI is InChI=1S/C24H20N2O3/c1-16-12-20-10-8-18(14-21(20)13-16)9-11-22-23(17(2)26-29-22)25-24(27)28-15-19-6-4-3-5-7-19/h3-8,10,12,14H,13,15H2,1-2H3,(H,25,27). The Kier molecular flexibility index (Phi) is 5.17. The molecule has 0 aliphatic heterocycles. The highest BCUT2D eigenvalue weighted by molar-refractivity contribution is 5.86. The average Bonchev–Trinajstić information content (AvgIpc) is 3.27. The molecule has 1 aliphatic rings. The molecule has 1 amide bonds. The van der Waals surface area contributed by atoms with E-state index < -0.39 is 6.09 Å². The Balaban J connectivity index is 1.45. The lowest BCUT2D eigenvalue weighted by molar-refractivity contribution is 0.155. The Labute approximate surface area is 169 Å². The number of aryl methyl sites for hydroxylation is 1. The molecule has 0 atom stereocenters. The van der Waals surface area contributed by atoms with E-state index in [2.05, 4.69) is 47.4 Å². The maximum atomic E-state index is 12.2. The summed E-state index contributed by atoms with van der Waals surface area (Å²) in [6.07, 6.45) is 2.56. The van der Waals surface area contributed by atoms with Crippen molar-refractivity contribution in [3.8, 4) is 11.8 Å². The van der Waals surface area contributed by atoms with Crippen molar-refractivity contribution in [1.29, 1.82) is 0 Å². The number of allylic oxidation sites excluding steroid dienone is 1. The number of amides is 1. The van der Waals surface area contributed by atoms with E-state index in [0.29, 0.717) is 17.1 Å². The Morgan fingerprint density at radius 2 is 2.00 bits per heavy atom. The van der Waals surface area contributed by atoms with Crippen molar-refractivity contribution >= 4 is 17.9 Å². The topological polar surface area (TPSA) is 64.4 Å². The first-order valence-electron chi connectivity index (χ1n) is 9.34. The zero-order chi connectivity index (χ0) is 20.2. The van der Waals surface area contributed by atoms with Crippen LogP contribution in [0.4, 0.5) is 10.5 Å². The first kappa shape index (κ1) is 18.6. The van der Waals surface area contributed by atoms with E-state index in [9.17, 15) is 4.79 Å². The lowest BCUT2D eigenvalue weighted by Gasteiger charge is -2.06.